The van der Waals surface area contributed by atoms with Gasteiger partial charge in [0.1, 0.15) is 11.6 Å². The lowest BCUT2D eigenvalue weighted by molar-refractivity contribution is 0.0952. The quantitative estimate of drug-likeness (QED) is 0.794. The van der Waals surface area contributed by atoms with Crippen LogP contribution in [0.2, 0.25) is 0 Å². The van der Waals surface area contributed by atoms with Gasteiger partial charge in [-0.1, -0.05) is 0 Å². The Morgan fingerprint density at radius 1 is 1.32 bits per heavy atom. The maximum atomic E-state index is 13.1. The lowest BCUT2D eigenvalue weighted by Crippen LogP contribution is -2.21. The highest BCUT2D eigenvalue weighted by atomic mass is 32.1. The molecule has 0 bridgehead atoms. The minimum Gasteiger partial charge on any atom is -0.467 e. The number of rotatable bonds is 3. The van der Waals surface area contributed by atoms with Crippen LogP contribution in [-0.2, 0) is 6.54 Å². The second-order valence-corrected chi connectivity index (χ2v) is 5.14. The first-order valence-electron chi connectivity index (χ1n) is 5.72. The van der Waals surface area contributed by atoms with E-state index in [2.05, 4.69) is 5.32 Å². The number of halogens is 1. The summed E-state index contributed by atoms with van der Waals surface area (Å²) in [5.74, 6) is 0.214. The van der Waals surface area contributed by atoms with Crippen LogP contribution >= 0.6 is 11.3 Å². The number of benzene rings is 1. The first-order valence-corrected chi connectivity index (χ1v) is 6.54. The van der Waals surface area contributed by atoms with Gasteiger partial charge in [-0.2, -0.15) is 0 Å². The molecule has 0 radical (unpaired) electrons. The van der Waals surface area contributed by atoms with E-state index in [9.17, 15) is 9.18 Å². The molecule has 0 saturated heterocycles. The second kappa shape index (κ2) is 4.85. The fourth-order valence-electron chi connectivity index (χ4n) is 1.79. The molecule has 0 aliphatic rings. The largest absolute Gasteiger partial charge is 0.467 e. The fraction of sp³-hybridized carbons (Fsp3) is 0.0714. The van der Waals surface area contributed by atoms with E-state index < -0.39 is 0 Å². The van der Waals surface area contributed by atoms with E-state index in [-0.39, 0.29) is 11.7 Å². The van der Waals surface area contributed by atoms with Crippen LogP contribution in [0.25, 0.3) is 10.1 Å². The fourth-order valence-corrected chi connectivity index (χ4v) is 2.75. The molecule has 2 heterocycles. The van der Waals surface area contributed by atoms with Crippen LogP contribution in [-0.4, -0.2) is 5.91 Å². The Bertz CT molecular complexity index is 718. The van der Waals surface area contributed by atoms with Crippen molar-refractivity contribution in [3.63, 3.8) is 0 Å². The van der Waals surface area contributed by atoms with Crippen molar-refractivity contribution < 1.29 is 13.6 Å². The Labute approximate surface area is 112 Å². The van der Waals surface area contributed by atoms with Gasteiger partial charge in [0.15, 0.2) is 0 Å². The van der Waals surface area contributed by atoms with Crippen molar-refractivity contribution in [1.29, 1.82) is 0 Å². The van der Waals surface area contributed by atoms with Gasteiger partial charge in [-0.05, 0) is 41.8 Å². The molecule has 1 amide bonds. The summed E-state index contributed by atoms with van der Waals surface area (Å²) in [5.41, 5.74) is 0. The number of thiophene rings is 1. The summed E-state index contributed by atoms with van der Waals surface area (Å²) in [6.07, 6.45) is 1.56. The summed E-state index contributed by atoms with van der Waals surface area (Å²) >= 11 is 1.34. The third-order valence-electron chi connectivity index (χ3n) is 2.71. The molecule has 19 heavy (non-hydrogen) atoms. The molecule has 0 aliphatic heterocycles. The summed E-state index contributed by atoms with van der Waals surface area (Å²) in [6, 6.07) is 9.75. The highest BCUT2D eigenvalue weighted by molar-refractivity contribution is 7.20. The van der Waals surface area contributed by atoms with E-state index in [0.29, 0.717) is 17.2 Å². The Hall–Kier alpha value is -2.14. The van der Waals surface area contributed by atoms with E-state index in [4.69, 9.17) is 4.42 Å². The standard InChI is InChI=1S/C14H10FNO2S/c15-10-3-4-12-9(6-10)7-13(19-12)14(17)16-8-11-2-1-5-18-11/h1-7H,8H2,(H,16,17). The van der Waals surface area contributed by atoms with Crippen LogP contribution in [0.4, 0.5) is 4.39 Å². The molecule has 1 aromatic carbocycles. The van der Waals surface area contributed by atoms with Gasteiger partial charge in [0.05, 0.1) is 17.7 Å². The topological polar surface area (TPSA) is 42.2 Å². The number of hydrogen-bond donors (Lipinski definition) is 1. The number of amides is 1. The number of furan rings is 1. The zero-order valence-electron chi connectivity index (χ0n) is 9.85. The van der Waals surface area contributed by atoms with E-state index in [0.717, 1.165) is 10.1 Å². The maximum absolute atomic E-state index is 13.1. The Morgan fingerprint density at radius 2 is 2.21 bits per heavy atom. The molecular weight excluding hydrogens is 265 g/mol. The van der Waals surface area contributed by atoms with Crippen molar-refractivity contribution in [2.45, 2.75) is 6.54 Å². The van der Waals surface area contributed by atoms with E-state index in [1.165, 1.54) is 23.5 Å². The average Bonchev–Trinajstić information content (AvgIpc) is 3.04. The van der Waals surface area contributed by atoms with Crippen LogP contribution in [0.5, 0.6) is 0 Å². The third kappa shape index (κ3) is 2.51. The Balaban J connectivity index is 1.77. The van der Waals surface area contributed by atoms with Crippen LogP contribution in [0.1, 0.15) is 15.4 Å². The van der Waals surface area contributed by atoms with Crippen molar-refractivity contribution in [1.82, 2.24) is 5.32 Å². The van der Waals surface area contributed by atoms with Crippen molar-refractivity contribution in [3.8, 4) is 0 Å². The van der Waals surface area contributed by atoms with Gasteiger partial charge in [0.25, 0.3) is 5.91 Å². The van der Waals surface area contributed by atoms with E-state index >= 15 is 0 Å². The summed E-state index contributed by atoms with van der Waals surface area (Å²) in [6.45, 7) is 0.342. The molecular formula is C14H10FNO2S. The molecule has 3 rings (SSSR count). The average molecular weight is 275 g/mol. The molecule has 3 nitrogen and oxygen atoms in total. The molecule has 0 atom stereocenters. The second-order valence-electron chi connectivity index (χ2n) is 4.05. The lowest BCUT2D eigenvalue weighted by atomic mass is 10.2. The van der Waals surface area contributed by atoms with Gasteiger partial charge >= 0.3 is 0 Å². The van der Waals surface area contributed by atoms with Crippen molar-refractivity contribution in [3.05, 3.63) is 59.1 Å². The Morgan fingerprint density at radius 3 is 3.00 bits per heavy atom. The van der Waals surface area contributed by atoms with Crippen LogP contribution in [0.15, 0.2) is 47.1 Å². The smallest absolute Gasteiger partial charge is 0.261 e. The Kier molecular flexibility index (Phi) is 3.05. The molecule has 0 spiro atoms. The lowest BCUT2D eigenvalue weighted by Gasteiger charge is -1.99. The van der Waals surface area contributed by atoms with Gasteiger partial charge in [0, 0.05) is 4.70 Å². The maximum Gasteiger partial charge on any atom is 0.261 e. The van der Waals surface area contributed by atoms with E-state index in [1.807, 2.05) is 0 Å². The number of carbonyl (C=O) groups excluding carboxylic acids is 1. The number of nitrogens with one attached hydrogen (secondary N) is 1. The summed E-state index contributed by atoms with van der Waals surface area (Å²) in [4.78, 5) is 12.5. The third-order valence-corrected chi connectivity index (χ3v) is 3.82. The molecule has 96 valence electrons. The first-order chi connectivity index (χ1) is 9.22. The first kappa shape index (κ1) is 11.9. The highest BCUT2D eigenvalue weighted by Crippen LogP contribution is 2.26. The molecule has 0 saturated carbocycles. The predicted octanol–water partition coefficient (Wildman–Crippen LogP) is 3.56. The molecule has 0 aliphatic carbocycles. The molecule has 3 aromatic rings. The number of fused-ring (bicyclic) bond motifs is 1. The van der Waals surface area contributed by atoms with Crippen LogP contribution in [0, 0.1) is 5.82 Å². The van der Waals surface area contributed by atoms with E-state index in [1.54, 1.807) is 30.5 Å². The summed E-state index contributed by atoms with van der Waals surface area (Å²) in [7, 11) is 0. The molecule has 1 N–H and O–H groups in total. The number of hydrogen-bond acceptors (Lipinski definition) is 3. The number of carbonyl (C=O) groups is 1. The van der Waals surface area contributed by atoms with Gasteiger partial charge in [-0.15, -0.1) is 11.3 Å². The van der Waals surface area contributed by atoms with Crippen molar-refractivity contribution in [2.75, 3.05) is 0 Å². The molecule has 0 unspecified atom stereocenters. The van der Waals surface area contributed by atoms with Gasteiger partial charge in [-0.25, -0.2) is 4.39 Å². The van der Waals surface area contributed by atoms with Gasteiger partial charge in [0.2, 0.25) is 0 Å². The minimum atomic E-state index is -0.298. The predicted molar refractivity (Wildman–Crippen MR) is 71.7 cm³/mol. The van der Waals surface area contributed by atoms with Gasteiger partial charge < -0.3 is 9.73 Å². The van der Waals surface area contributed by atoms with Crippen LogP contribution < -0.4 is 5.32 Å². The highest BCUT2D eigenvalue weighted by Gasteiger charge is 2.10. The monoisotopic (exact) mass is 275 g/mol. The van der Waals surface area contributed by atoms with Crippen molar-refractivity contribution in [2.24, 2.45) is 0 Å². The summed E-state index contributed by atoms with van der Waals surface area (Å²) in [5, 5.41) is 3.50. The summed E-state index contributed by atoms with van der Waals surface area (Å²) < 4.78 is 19.1. The minimum absolute atomic E-state index is 0.182. The van der Waals surface area contributed by atoms with Crippen LogP contribution in [0.3, 0.4) is 0 Å². The molecule has 5 heteroatoms. The SMILES string of the molecule is O=C(NCc1ccco1)c1cc2cc(F)ccc2s1. The van der Waals surface area contributed by atoms with Gasteiger partial charge in [-0.3, -0.25) is 4.79 Å². The van der Waals surface area contributed by atoms with Crippen molar-refractivity contribution >= 4 is 27.3 Å². The zero-order chi connectivity index (χ0) is 13.2. The molecule has 0 fully saturated rings. The molecule has 2 aromatic heterocycles. The normalized spacial score (nSPS) is 10.8. The zero-order valence-corrected chi connectivity index (χ0v) is 10.7.